The van der Waals surface area contributed by atoms with Gasteiger partial charge in [0.05, 0.1) is 0 Å². The molecule has 0 aliphatic carbocycles. The maximum atomic E-state index is 9.48. The van der Waals surface area contributed by atoms with E-state index in [2.05, 4.69) is 0 Å². The lowest BCUT2D eigenvalue weighted by Gasteiger charge is -2.08. The Morgan fingerprint density at radius 2 is 2.00 bits per heavy atom. The predicted octanol–water partition coefficient (Wildman–Crippen LogP) is 3.81. The predicted molar refractivity (Wildman–Crippen MR) is 56.3 cm³/mol. The molecule has 0 spiro atoms. The van der Waals surface area contributed by atoms with E-state index in [0.717, 1.165) is 5.56 Å². The molecule has 1 rings (SSSR count). The van der Waals surface area contributed by atoms with Crippen molar-refractivity contribution in [3.8, 4) is 5.75 Å². The Morgan fingerprint density at radius 1 is 1.38 bits per heavy atom. The number of hydrogen-bond acceptors (Lipinski definition) is 1. The van der Waals surface area contributed by atoms with Crippen molar-refractivity contribution in [3.63, 3.8) is 0 Å². The minimum atomic E-state index is 0.0196. The number of aromatic hydroxyl groups is 1. The third kappa shape index (κ3) is 2.94. The fourth-order valence-corrected chi connectivity index (χ4v) is 1.53. The molecule has 1 atom stereocenters. The molecule has 0 radical (unpaired) electrons. The molecule has 0 aliphatic rings. The molecule has 0 aliphatic heterocycles. The van der Waals surface area contributed by atoms with Gasteiger partial charge < -0.3 is 5.11 Å². The average Bonchev–Trinajstić information content (AvgIpc) is 2.03. The van der Waals surface area contributed by atoms with E-state index in [-0.39, 0.29) is 16.2 Å². The van der Waals surface area contributed by atoms with Crippen LogP contribution in [0.15, 0.2) is 34.8 Å². The van der Waals surface area contributed by atoms with Crippen LogP contribution in [-0.2, 0) is 0 Å². The molecule has 0 amide bonds. The summed E-state index contributed by atoms with van der Waals surface area (Å²) >= 11 is 11.0. The van der Waals surface area contributed by atoms with E-state index in [0.29, 0.717) is 0 Å². The zero-order valence-electron chi connectivity index (χ0n) is 7.17. The summed E-state index contributed by atoms with van der Waals surface area (Å²) in [5, 5.41) is 9.48. The van der Waals surface area contributed by atoms with E-state index in [9.17, 15) is 5.11 Å². The van der Waals surface area contributed by atoms with Crippen LogP contribution < -0.4 is 0 Å². The molecule has 0 fully saturated rings. The number of hydrogen-bond donors (Lipinski definition) is 1. The highest BCUT2D eigenvalue weighted by Gasteiger charge is 2.06. The monoisotopic (exact) mass is 216 g/mol. The zero-order chi connectivity index (χ0) is 9.84. The molecule has 1 aromatic carbocycles. The second kappa shape index (κ2) is 4.54. The van der Waals surface area contributed by atoms with E-state index in [1.165, 1.54) is 0 Å². The summed E-state index contributed by atoms with van der Waals surface area (Å²) < 4.78 is 0.218. The standard InChI is InChI=1S/C10H10Cl2O/c1-7(6-10(11)12)8-4-2-3-5-9(8)13/h2-7,13H,1H3. The fraction of sp³-hybridized carbons (Fsp3) is 0.200. The minimum absolute atomic E-state index is 0.0196. The highest BCUT2D eigenvalue weighted by Crippen LogP contribution is 2.27. The van der Waals surface area contributed by atoms with E-state index in [1.54, 1.807) is 18.2 Å². The quantitative estimate of drug-likeness (QED) is 0.798. The molecule has 1 unspecified atom stereocenters. The number of phenolic OH excluding ortho intramolecular Hbond substituents is 1. The summed E-state index contributed by atoms with van der Waals surface area (Å²) in [6.45, 7) is 1.92. The van der Waals surface area contributed by atoms with Gasteiger partial charge in [0, 0.05) is 11.5 Å². The Labute approximate surface area is 87.6 Å². The highest BCUT2D eigenvalue weighted by molar-refractivity contribution is 6.55. The summed E-state index contributed by atoms with van der Waals surface area (Å²) in [6, 6.07) is 7.12. The van der Waals surface area contributed by atoms with Crippen molar-refractivity contribution in [2.24, 2.45) is 0 Å². The SMILES string of the molecule is CC(C=C(Cl)Cl)c1ccccc1O. The minimum Gasteiger partial charge on any atom is -0.508 e. The third-order valence-corrected chi connectivity index (χ3v) is 2.06. The van der Waals surface area contributed by atoms with Crippen LogP contribution in [0.4, 0.5) is 0 Å². The van der Waals surface area contributed by atoms with E-state index in [4.69, 9.17) is 23.2 Å². The summed E-state index contributed by atoms with van der Waals surface area (Å²) in [6.07, 6.45) is 1.68. The third-order valence-electron chi connectivity index (χ3n) is 1.80. The molecule has 1 aromatic rings. The molecule has 3 heteroatoms. The summed E-state index contributed by atoms with van der Waals surface area (Å²) in [5.74, 6) is 0.284. The molecule has 70 valence electrons. The molecule has 13 heavy (non-hydrogen) atoms. The normalized spacial score (nSPS) is 12.2. The first-order valence-corrected chi connectivity index (χ1v) is 4.67. The van der Waals surface area contributed by atoms with Gasteiger partial charge in [0.15, 0.2) is 0 Å². The summed E-state index contributed by atoms with van der Waals surface area (Å²) in [4.78, 5) is 0. The van der Waals surface area contributed by atoms with Gasteiger partial charge in [-0.1, -0.05) is 48.3 Å². The lowest BCUT2D eigenvalue weighted by Crippen LogP contribution is -1.89. The molecule has 0 bridgehead atoms. The molecular formula is C10H10Cl2O. The second-order valence-corrected chi connectivity index (χ2v) is 3.81. The lowest BCUT2D eigenvalue weighted by atomic mass is 10.0. The van der Waals surface area contributed by atoms with Crippen LogP contribution in [0.3, 0.4) is 0 Å². The van der Waals surface area contributed by atoms with Gasteiger partial charge >= 0.3 is 0 Å². The van der Waals surface area contributed by atoms with Crippen LogP contribution in [0, 0.1) is 0 Å². The Hall–Kier alpha value is -0.660. The van der Waals surface area contributed by atoms with Gasteiger partial charge in [-0.05, 0) is 12.1 Å². The zero-order valence-corrected chi connectivity index (χ0v) is 8.68. The van der Waals surface area contributed by atoms with Gasteiger partial charge in [-0.15, -0.1) is 0 Å². The largest absolute Gasteiger partial charge is 0.508 e. The van der Waals surface area contributed by atoms with Crippen molar-refractivity contribution in [3.05, 3.63) is 40.4 Å². The fourth-order valence-electron chi connectivity index (χ4n) is 1.15. The van der Waals surface area contributed by atoms with Crippen LogP contribution in [0.2, 0.25) is 0 Å². The average molecular weight is 217 g/mol. The lowest BCUT2D eigenvalue weighted by molar-refractivity contribution is 0.466. The Bertz CT molecular complexity index is 316. The van der Waals surface area contributed by atoms with E-state index < -0.39 is 0 Å². The topological polar surface area (TPSA) is 20.2 Å². The number of benzene rings is 1. The number of rotatable bonds is 2. The first-order valence-electron chi connectivity index (χ1n) is 3.92. The van der Waals surface area contributed by atoms with Gasteiger partial charge in [0.1, 0.15) is 10.2 Å². The van der Waals surface area contributed by atoms with Gasteiger partial charge in [-0.3, -0.25) is 0 Å². The van der Waals surface area contributed by atoms with Crippen molar-refractivity contribution >= 4 is 23.2 Å². The summed E-state index contributed by atoms with van der Waals surface area (Å²) in [7, 11) is 0. The molecule has 0 aromatic heterocycles. The molecular weight excluding hydrogens is 207 g/mol. The maximum Gasteiger partial charge on any atom is 0.119 e. The van der Waals surface area contributed by atoms with Crippen molar-refractivity contribution in [1.29, 1.82) is 0 Å². The van der Waals surface area contributed by atoms with Gasteiger partial charge in [0.2, 0.25) is 0 Å². The van der Waals surface area contributed by atoms with Crippen LogP contribution in [0.25, 0.3) is 0 Å². The molecule has 1 N–H and O–H groups in total. The maximum absolute atomic E-state index is 9.48. The van der Waals surface area contributed by atoms with E-state index in [1.807, 2.05) is 19.1 Å². The first-order chi connectivity index (χ1) is 6.11. The molecule has 0 heterocycles. The van der Waals surface area contributed by atoms with Crippen molar-refractivity contribution in [1.82, 2.24) is 0 Å². The molecule has 0 saturated carbocycles. The van der Waals surface area contributed by atoms with Crippen LogP contribution in [0.1, 0.15) is 18.4 Å². The van der Waals surface area contributed by atoms with E-state index >= 15 is 0 Å². The Kier molecular flexibility index (Phi) is 3.64. The molecule has 1 nitrogen and oxygen atoms in total. The van der Waals surface area contributed by atoms with Gasteiger partial charge in [-0.2, -0.15) is 0 Å². The first kappa shape index (κ1) is 10.4. The van der Waals surface area contributed by atoms with Crippen LogP contribution >= 0.6 is 23.2 Å². The summed E-state index contributed by atoms with van der Waals surface area (Å²) in [5.41, 5.74) is 0.821. The van der Waals surface area contributed by atoms with Gasteiger partial charge in [0.25, 0.3) is 0 Å². The smallest absolute Gasteiger partial charge is 0.119 e. The Balaban J connectivity index is 2.95. The van der Waals surface area contributed by atoms with Gasteiger partial charge in [-0.25, -0.2) is 0 Å². The van der Waals surface area contributed by atoms with Crippen LogP contribution in [0.5, 0.6) is 5.75 Å². The van der Waals surface area contributed by atoms with Crippen molar-refractivity contribution in [2.45, 2.75) is 12.8 Å². The highest BCUT2D eigenvalue weighted by atomic mass is 35.5. The van der Waals surface area contributed by atoms with Crippen molar-refractivity contribution in [2.75, 3.05) is 0 Å². The second-order valence-electron chi connectivity index (χ2n) is 2.80. The number of allylic oxidation sites excluding steroid dienone is 1. The van der Waals surface area contributed by atoms with Crippen molar-refractivity contribution < 1.29 is 5.11 Å². The number of phenols is 1. The molecule has 0 saturated heterocycles. The number of para-hydroxylation sites is 1. The number of halogens is 2. The Morgan fingerprint density at radius 3 is 2.54 bits per heavy atom. The van der Waals surface area contributed by atoms with Crippen LogP contribution in [-0.4, -0.2) is 5.11 Å².